The molecule has 0 aromatic rings. The number of Topliss-reactive ketones (excluding diaryl/α,β-unsaturated/α-hetero) is 1. The van der Waals surface area contributed by atoms with Crippen LogP contribution in [0.4, 0.5) is 0 Å². The zero-order valence-electron chi connectivity index (χ0n) is 16.4. The molecule has 0 spiro atoms. The lowest BCUT2D eigenvalue weighted by Gasteiger charge is -2.57. The van der Waals surface area contributed by atoms with Gasteiger partial charge in [-0.05, 0) is 79.9 Å². The van der Waals surface area contributed by atoms with Crippen molar-refractivity contribution in [1.29, 1.82) is 0 Å². The van der Waals surface area contributed by atoms with Crippen LogP contribution >= 0.6 is 0 Å². The SMILES string of the molecule is C=C1C[C@@H]2[C@H]3C=C(C)C4=CC(=O)CC[C@]4(C)[C@@H]3CC[C@]2(C)[C@]1(O)C(C)=O. The van der Waals surface area contributed by atoms with E-state index in [2.05, 4.69) is 33.4 Å². The van der Waals surface area contributed by atoms with Crippen LogP contribution < -0.4 is 0 Å². The second kappa shape index (κ2) is 5.28. The van der Waals surface area contributed by atoms with Crippen molar-refractivity contribution >= 4 is 11.6 Å². The van der Waals surface area contributed by atoms with Gasteiger partial charge in [-0.15, -0.1) is 0 Å². The van der Waals surface area contributed by atoms with Crippen molar-refractivity contribution in [2.45, 2.75) is 65.4 Å². The van der Waals surface area contributed by atoms with E-state index in [1.807, 2.05) is 6.08 Å². The molecule has 4 aliphatic carbocycles. The van der Waals surface area contributed by atoms with E-state index in [-0.39, 0.29) is 22.9 Å². The number of hydrogen-bond donors (Lipinski definition) is 1. The molecule has 2 saturated carbocycles. The van der Waals surface area contributed by atoms with Gasteiger partial charge in [0.05, 0.1) is 0 Å². The summed E-state index contributed by atoms with van der Waals surface area (Å²) in [5.74, 6) is 1.09. The molecule has 4 aliphatic rings. The van der Waals surface area contributed by atoms with Gasteiger partial charge < -0.3 is 5.11 Å². The van der Waals surface area contributed by atoms with Crippen molar-refractivity contribution in [2.24, 2.45) is 28.6 Å². The van der Waals surface area contributed by atoms with Gasteiger partial charge in [0, 0.05) is 11.8 Å². The molecule has 1 N–H and O–H groups in total. The zero-order valence-corrected chi connectivity index (χ0v) is 16.4. The molecule has 140 valence electrons. The standard InChI is InChI=1S/C23H30O3/c1-13-10-17-18(21(4)8-6-16(25)12-19(13)21)7-9-22(5)20(17)11-14(2)23(22,26)15(3)24/h10,12,17-18,20,26H,2,6-9,11H2,1,3-5H3/t17-,18+,20+,21+,22-,23+/m0/s1. The third kappa shape index (κ3) is 1.93. The van der Waals surface area contributed by atoms with Crippen LogP contribution in [-0.4, -0.2) is 22.3 Å². The highest BCUT2D eigenvalue weighted by Crippen LogP contribution is 2.67. The van der Waals surface area contributed by atoms with Crippen LogP contribution in [0.1, 0.15) is 59.8 Å². The number of hydrogen-bond acceptors (Lipinski definition) is 3. The number of allylic oxidation sites excluding steroid dienone is 4. The Balaban J connectivity index is 1.83. The van der Waals surface area contributed by atoms with Gasteiger partial charge in [0.2, 0.25) is 0 Å². The molecule has 4 rings (SSSR count). The van der Waals surface area contributed by atoms with Gasteiger partial charge in [-0.2, -0.15) is 0 Å². The third-order valence-corrected chi connectivity index (χ3v) is 8.53. The summed E-state index contributed by atoms with van der Waals surface area (Å²) in [5, 5.41) is 11.4. The van der Waals surface area contributed by atoms with Gasteiger partial charge in [0.15, 0.2) is 11.6 Å². The average molecular weight is 354 g/mol. The number of rotatable bonds is 1. The average Bonchev–Trinajstić information content (AvgIpc) is 2.78. The summed E-state index contributed by atoms with van der Waals surface area (Å²) in [5.41, 5.74) is 1.29. The molecule has 3 nitrogen and oxygen atoms in total. The fraction of sp³-hybridized carbons (Fsp3) is 0.652. The summed E-state index contributed by atoms with van der Waals surface area (Å²) in [6, 6.07) is 0. The van der Waals surface area contributed by atoms with Gasteiger partial charge >= 0.3 is 0 Å². The monoisotopic (exact) mass is 354 g/mol. The molecule has 0 aromatic carbocycles. The maximum Gasteiger partial charge on any atom is 0.166 e. The summed E-state index contributed by atoms with van der Waals surface area (Å²) in [6.45, 7) is 12.1. The molecule has 0 radical (unpaired) electrons. The van der Waals surface area contributed by atoms with Gasteiger partial charge in [0.25, 0.3) is 0 Å². The molecule has 2 fully saturated rings. The van der Waals surface area contributed by atoms with Gasteiger partial charge in [-0.1, -0.05) is 32.1 Å². The molecule has 6 atom stereocenters. The number of carbonyl (C=O) groups excluding carboxylic acids is 2. The zero-order chi connectivity index (χ0) is 19.1. The van der Waals surface area contributed by atoms with Crippen molar-refractivity contribution in [1.82, 2.24) is 0 Å². The largest absolute Gasteiger partial charge is 0.377 e. The van der Waals surface area contributed by atoms with Gasteiger partial charge in [0.1, 0.15) is 5.60 Å². The molecule has 3 heteroatoms. The third-order valence-electron chi connectivity index (χ3n) is 8.53. The first kappa shape index (κ1) is 17.9. The minimum Gasteiger partial charge on any atom is -0.377 e. The minimum atomic E-state index is -1.40. The Morgan fingerprint density at radius 3 is 2.62 bits per heavy atom. The van der Waals surface area contributed by atoms with E-state index in [1.165, 1.54) is 18.1 Å². The molecule has 26 heavy (non-hydrogen) atoms. The molecular weight excluding hydrogens is 324 g/mol. The molecule has 0 aromatic heterocycles. The lowest BCUT2D eigenvalue weighted by Crippen LogP contribution is -2.57. The maximum absolute atomic E-state index is 12.4. The van der Waals surface area contributed by atoms with Crippen molar-refractivity contribution in [3.8, 4) is 0 Å². The molecule has 0 amide bonds. The normalized spacial score (nSPS) is 47.5. The first-order valence-corrected chi connectivity index (χ1v) is 9.91. The highest BCUT2D eigenvalue weighted by molar-refractivity contribution is 5.93. The smallest absolute Gasteiger partial charge is 0.166 e. The Morgan fingerprint density at radius 1 is 1.27 bits per heavy atom. The Hall–Kier alpha value is -1.48. The summed E-state index contributed by atoms with van der Waals surface area (Å²) in [7, 11) is 0. The summed E-state index contributed by atoms with van der Waals surface area (Å²) in [6.07, 6.45) is 8.26. The van der Waals surface area contributed by atoms with Crippen LogP contribution in [0.2, 0.25) is 0 Å². The Labute approximate surface area is 156 Å². The van der Waals surface area contributed by atoms with Gasteiger partial charge in [-0.3, -0.25) is 9.59 Å². The number of ketones is 2. The second-order valence-corrected chi connectivity index (χ2v) is 9.61. The topological polar surface area (TPSA) is 54.4 Å². The van der Waals surface area contributed by atoms with E-state index in [4.69, 9.17) is 0 Å². The van der Waals surface area contributed by atoms with Crippen LogP contribution in [-0.2, 0) is 9.59 Å². The second-order valence-electron chi connectivity index (χ2n) is 9.61. The first-order chi connectivity index (χ1) is 12.1. The van der Waals surface area contributed by atoms with E-state index in [9.17, 15) is 14.7 Å². The Bertz CT molecular complexity index is 787. The fourth-order valence-electron chi connectivity index (χ4n) is 7.04. The number of aliphatic hydroxyl groups is 1. The quantitative estimate of drug-likeness (QED) is 0.719. The molecular formula is C23H30O3. The number of carbonyl (C=O) groups is 2. The lowest BCUT2D eigenvalue weighted by atomic mass is 9.47. The Kier molecular flexibility index (Phi) is 3.64. The molecule has 0 unspecified atom stereocenters. The summed E-state index contributed by atoms with van der Waals surface area (Å²) >= 11 is 0. The Morgan fingerprint density at radius 2 is 1.96 bits per heavy atom. The van der Waals surface area contributed by atoms with E-state index < -0.39 is 11.0 Å². The predicted molar refractivity (Wildman–Crippen MR) is 101 cm³/mol. The van der Waals surface area contributed by atoms with Crippen LogP contribution in [0.15, 0.2) is 35.5 Å². The van der Waals surface area contributed by atoms with Crippen molar-refractivity contribution in [3.05, 3.63) is 35.5 Å². The minimum absolute atomic E-state index is 0.0248. The van der Waals surface area contributed by atoms with Crippen molar-refractivity contribution < 1.29 is 14.7 Å². The van der Waals surface area contributed by atoms with E-state index in [1.54, 1.807) is 0 Å². The van der Waals surface area contributed by atoms with Crippen molar-refractivity contribution in [3.63, 3.8) is 0 Å². The molecule has 0 aliphatic heterocycles. The summed E-state index contributed by atoms with van der Waals surface area (Å²) < 4.78 is 0. The molecule has 0 heterocycles. The number of fused-ring (bicyclic) bond motifs is 5. The summed E-state index contributed by atoms with van der Waals surface area (Å²) in [4.78, 5) is 24.4. The fourth-order valence-corrected chi connectivity index (χ4v) is 7.04. The lowest BCUT2D eigenvalue weighted by molar-refractivity contribution is -0.151. The molecule has 0 saturated heterocycles. The van der Waals surface area contributed by atoms with Crippen LogP contribution in [0, 0.1) is 28.6 Å². The van der Waals surface area contributed by atoms with E-state index in [0.29, 0.717) is 30.3 Å². The van der Waals surface area contributed by atoms with Crippen molar-refractivity contribution in [2.75, 3.05) is 0 Å². The molecule has 0 bridgehead atoms. The first-order valence-electron chi connectivity index (χ1n) is 9.91. The van der Waals surface area contributed by atoms with E-state index in [0.717, 1.165) is 19.3 Å². The van der Waals surface area contributed by atoms with Crippen LogP contribution in [0.25, 0.3) is 0 Å². The van der Waals surface area contributed by atoms with Crippen LogP contribution in [0.3, 0.4) is 0 Å². The van der Waals surface area contributed by atoms with Crippen LogP contribution in [0.5, 0.6) is 0 Å². The predicted octanol–water partition coefficient (Wildman–Crippen LogP) is 4.17. The maximum atomic E-state index is 12.4. The van der Waals surface area contributed by atoms with Gasteiger partial charge in [-0.25, -0.2) is 0 Å². The highest BCUT2D eigenvalue weighted by Gasteiger charge is 2.66. The highest BCUT2D eigenvalue weighted by atomic mass is 16.3. The van der Waals surface area contributed by atoms with E-state index >= 15 is 0 Å².